The van der Waals surface area contributed by atoms with Crippen molar-refractivity contribution in [2.45, 2.75) is 6.42 Å². The van der Waals surface area contributed by atoms with Gasteiger partial charge in [0.05, 0.1) is 5.69 Å². The summed E-state index contributed by atoms with van der Waals surface area (Å²) < 4.78 is 19.4. The number of hydrogen-bond acceptors (Lipinski definition) is 2. The molecule has 132 valence electrons. The van der Waals surface area contributed by atoms with E-state index in [9.17, 15) is 9.18 Å². The monoisotopic (exact) mass is 369 g/mol. The van der Waals surface area contributed by atoms with Crippen molar-refractivity contribution in [2.75, 3.05) is 11.9 Å². The molecule has 0 aliphatic rings. The average molecular weight is 370 g/mol. The second kappa shape index (κ2) is 8.50. The van der Waals surface area contributed by atoms with Crippen LogP contribution in [0, 0.1) is 5.82 Å². The zero-order chi connectivity index (χ0) is 18.4. The summed E-state index contributed by atoms with van der Waals surface area (Å²) in [5, 5.41) is 2.75. The Balaban J connectivity index is 1.63. The molecule has 0 spiro atoms. The maximum atomic E-state index is 13.7. The van der Waals surface area contributed by atoms with Gasteiger partial charge < -0.3 is 10.1 Å². The molecule has 3 aromatic rings. The minimum absolute atomic E-state index is 0.0700. The number of anilines is 1. The van der Waals surface area contributed by atoms with Crippen molar-refractivity contribution < 1.29 is 13.9 Å². The second-order valence-electron chi connectivity index (χ2n) is 5.73. The van der Waals surface area contributed by atoms with Gasteiger partial charge in [-0.3, -0.25) is 4.79 Å². The minimum atomic E-state index is -0.588. The lowest BCUT2D eigenvalue weighted by molar-refractivity contribution is -0.118. The summed E-state index contributed by atoms with van der Waals surface area (Å²) in [6.45, 7) is -0.214. The van der Waals surface area contributed by atoms with Gasteiger partial charge in [-0.05, 0) is 35.4 Å². The Bertz CT molecular complexity index is 900. The first-order valence-corrected chi connectivity index (χ1v) is 8.49. The number of nitrogens with one attached hydrogen (secondary N) is 1. The first-order valence-electron chi connectivity index (χ1n) is 8.11. The van der Waals surface area contributed by atoms with E-state index in [0.717, 1.165) is 17.2 Å². The molecule has 0 unspecified atom stereocenters. The van der Waals surface area contributed by atoms with Crippen molar-refractivity contribution >= 4 is 23.2 Å². The summed E-state index contributed by atoms with van der Waals surface area (Å²) >= 11 is 5.70. The molecule has 0 atom stereocenters. The van der Waals surface area contributed by atoms with Crippen LogP contribution in [0.3, 0.4) is 0 Å². The second-order valence-corrected chi connectivity index (χ2v) is 6.17. The van der Waals surface area contributed by atoms with Crippen molar-refractivity contribution in [3.63, 3.8) is 0 Å². The van der Waals surface area contributed by atoms with Crippen LogP contribution in [0.25, 0.3) is 0 Å². The van der Waals surface area contributed by atoms with E-state index < -0.39 is 11.7 Å². The van der Waals surface area contributed by atoms with Crippen LogP contribution in [0.5, 0.6) is 5.75 Å². The van der Waals surface area contributed by atoms with Crippen LogP contribution in [0.15, 0.2) is 72.8 Å². The molecule has 0 fully saturated rings. The van der Waals surface area contributed by atoms with E-state index >= 15 is 0 Å². The highest BCUT2D eigenvalue weighted by atomic mass is 35.5. The lowest BCUT2D eigenvalue weighted by Crippen LogP contribution is -2.21. The first-order chi connectivity index (χ1) is 12.6. The first kappa shape index (κ1) is 18.0. The van der Waals surface area contributed by atoms with Crippen LogP contribution in [0.1, 0.15) is 11.1 Å². The van der Waals surface area contributed by atoms with E-state index in [1.165, 1.54) is 12.1 Å². The Morgan fingerprint density at radius 1 is 1.00 bits per heavy atom. The van der Waals surface area contributed by atoms with Gasteiger partial charge in [0.15, 0.2) is 6.61 Å². The van der Waals surface area contributed by atoms with Gasteiger partial charge in [-0.1, -0.05) is 60.1 Å². The van der Waals surface area contributed by atoms with Gasteiger partial charge in [-0.25, -0.2) is 4.39 Å². The molecule has 0 aliphatic heterocycles. The molecule has 0 aliphatic carbocycles. The number of ether oxygens (including phenoxy) is 1. The van der Waals surface area contributed by atoms with Crippen molar-refractivity contribution in [2.24, 2.45) is 0 Å². The summed E-state index contributed by atoms with van der Waals surface area (Å²) in [6.07, 6.45) is 0.699. The van der Waals surface area contributed by atoms with Crippen molar-refractivity contribution in [1.29, 1.82) is 0 Å². The summed E-state index contributed by atoms with van der Waals surface area (Å²) in [5.41, 5.74) is 2.20. The van der Waals surface area contributed by atoms with Crippen LogP contribution < -0.4 is 10.1 Å². The molecule has 0 bridgehead atoms. The fraction of sp³-hybridized carbons (Fsp3) is 0.0952. The SMILES string of the molecule is O=C(COc1ccccc1Cc1ccccc1)Nc1ccc(Cl)cc1F. The Morgan fingerprint density at radius 3 is 2.50 bits per heavy atom. The molecule has 0 saturated heterocycles. The highest BCUT2D eigenvalue weighted by Gasteiger charge is 2.10. The topological polar surface area (TPSA) is 38.3 Å². The smallest absolute Gasteiger partial charge is 0.262 e. The molecule has 0 radical (unpaired) electrons. The zero-order valence-corrected chi connectivity index (χ0v) is 14.7. The fourth-order valence-electron chi connectivity index (χ4n) is 2.53. The Hall–Kier alpha value is -2.85. The van der Waals surface area contributed by atoms with Gasteiger partial charge in [-0.2, -0.15) is 0 Å². The summed E-state index contributed by atoms with van der Waals surface area (Å²) in [4.78, 5) is 12.1. The molecule has 0 aromatic heterocycles. The zero-order valence-electron chi connectivity index (χ0n) is 13.9. The molecular formula is C21H17ClFNO2. The van der Waals surface area contributed by atoms with E-state index in [2.05, 4.69) is 5.32 Å². The number of rotatable bonds is 6. The number of para-hydroxylation sites is 1. The number of halogens is 2. The molecular weight excluding hydrogens is 353 g/mol. The maximum Gasteiger partial charge on any atom is 0.262 e. The van der Waals surface area contributed by atoms with Gasteiger partial charge >= 0.3 is 0 Å². The highest BCUT2D eigenvalue weighted by molar-refractivity contribution is 6.30. The van der Waals surface area contributed by atoms with Gasteiger partial charge in [-0.15, -0.1) is 0 Å². The molecule has 3 aromatic carbocycles. The van der Waals surface area contributed by atoms with Gasteiger partial charge in [0.2, 0.25) is 0 Å². The summed E-state index contributed by atoms with van der Waals surface area (Å²) in [6, 6.07) is 21.6. The Labute approximate surface area is 156 Å². The van der Waals surface area contributed by atoms with Crippen molar-refractivity contribution in [1.82, 2.24) is 0 Å². The molecule has 0 saturated carbocycles. The standard InChI is InChI=1S/C21H17ClFNO2/c22-17-10-11-19(18(23)13-17)24-21(25)14-26-20-9-5-4-8-16(20)12-15-6-2-1-3-7-15/h1-11,13H,12,14H2,(H,24,25). The van der Waals surface area contributed by atoms with E-state index in [-0.39, 0.29) is 17.3 Å². The van der Waals surface area contributed by atoms with Crippen LogP contribution >= 0.6 is 11.6 Å². The van der Waals surface area contributed by atoms with E-state index in [4.69, 9.17) is 16.3 Å². The van der Waals surface area contributed by atoms with Gasteiger partial charge in [0, 0.05) is 11.4 Å². The summed E-state index contributed by atoms with van der Waals surface area (Å²) in [7, 11) is 0. The largest absolute Gasteiger partial charge is 0.483 e. The number of carbonyl (C=O) groups excluding carboxylic acids is 1. The molecule has 1 N–H and O–H groups in total. The lowest BCUT2D eigenvalue weighted by atomic mass is 10.0. The van der Waals surface area contributed by atoms with Crippen LogP contribution in [-0.2, 0) is 11.2 Å². The van der Waals surface area contributed by atoms with Crippen LogP contribution in [-0.4, -0.2) is 12.5 Å². The quantitative estimate of drug-likeness (QED) is 0.657. The molecule has 5 heteroatoms. The number of benzene rings is 3. The third kappa shape index (κ3) is 4.83. The van der Waals surface area contributed by atoms with Crippen LogP contribution in [0.2, 0.25) is 5.02 Å². The third-order valence-electron chi connectivity index (χ3n) is 3.77. The summed E-state index contributed by atoms with van der Waals surface area (Å²) in [5.74, 6) is -0.404. The minimum Gasteiger partial charge on any atom is -0.483 e. The molecule has 1 amide bonds. The van der Waals surface area contributed by atoms with E-state index in [1.807, 2.05) is 54.6 Å². The van der Waals surface area contributed by atoms with Crippen molar-refractivity contribution in [3.8, 4) is 5.75 Å². The average Bonchev–Trinajstić information content (AvgIpc) is 2.64. The molecule has 26 heavy (non-hydrogen) atoms. The Morgan fingerprint density at radius 2 is 1.73 bits per heavy atom. The van der Waals surface area contributed by atoms with Crippen molar-refractivity contribution in [3.05, 3.63) is 94.8 Å². The molecule has 0 heterocycles. The predicted molar refractivity (Wildman–Crippen MR) is 101 cm³/mol. The van der Waals surface area contributed by atoms with E-state index in [0.29, 0.717) is 12.2 Å². The van der Waals surface area contributed by atoms with Gasteiger partial charge in [0.1, 0.15) is 11.6 Å². The molecule has 3 nitrogen and oxygen atoms in total. The Kier molecular flexibility index (Phi) is 5.87. The fourth-order valence-corrected chi connectivity index (χ4v) is 2.69. The maximum absolute atomic E-state index is 13.7. The van der Waals surface area contributed by atoms with Crippen LogP contribution in [0.4, 0.5) is 10.1 Å². The number of hydrogen-bond donors (Lipinski definition) is 1. The number of amides is 1. The normalized spacial score (nSPS) is 10.4. The van der Waals surface area contributed by atoms with Gasteiger partial charge in [0.25, 0.3) is 5.91 Å². The third-order valence-corrected chi connectivity index (χ3v) is 4.01. The highest BCUT2D eigenvalue weighted by Crippen LogP contribution is 2.22. The predicted octanol–water partition coefficient (Wildman–Crippen LogP) is 5.09. The molecule has 3 rings (SSSR count). The lowest BCUT2D eigenvalue weighted by Gasteiger charge is -2.12. The number of carbonyl (C=O) groups is 1. The van der Waals surface area contributed by atoms with E-state index in [1.54, 1.807) is 0 Å².